The van der Waals surface area contributed by atoms with E-state index < -0.39 is 5.97 Å². The number of hydrogen-bond acceptors (Lipinski definition) is 3. The Kier molecular flexibility index (Phi) is 8.17. The number of carboxylic acid groups (broad SMARTS) is 1. The summed E-state index contributed by atoms with van der Waals surface area (Å²) in [5.41, 5.74) is 5.63. The van der Waals surface area contributed by atoms with Gasteiger partial charge in [0.1, 0.15) is 0 Å². The summed E-state index contributed by atoms with van der Waals surface area (Å²) in [5, 5.41) is 8.88. The molecule has 162 valence electrons. The van der Waals surface area contributed by atoms with Crippen LogP contribution < -0.4 is 4.90 Å². The number of likely N-dealkylation sites (tertiary alicyclic amines) is 1. The minimum absolute atomic E-state index is 0. The lowest BCUT2D eigenvalue weighted by Crippen LogP contribution is -2.35. The van der Waals surface area contributed by atoms with Crippen molar-refractivity contribution in [3.05, 3.63) is 59.7 Å². The third-order valence-electron chi connectivity index (χ3n) is 6.56. The highest BCUT2D eigenvalue weighted by Crippen LogP contribution is 2.36. The number of halogens is 1. The van der Waals surface area contributed by atoms with Gasteiger partial charge >= 0.3 is 5.97 Å². The van der Waals surface area contributed by atoms with E-state index in [0.29, 0.717) is 12.3 Å². The Balaban J connectivity index is 0.00000256. The van der Waals surface area contributed by atoms with Crippen molar-refractivity contribution in [3.8, 4) is 0 Å². The van der Waals surface area contributed by atoms with E-state index in [0.717, 1.165) is 64.7 Å². The highest BCUT2D eigenvalue weighted by atomic mass is 35.5. The van der Waals surface area contributed by atoms with Crippen LogP contribution in [0.4, 0.5) is 11.4 Å². The van der Waals surface area contributed by atoms with Crippen molar-refractivity contribution in [3.63, 3.8) is 0 Å². The number of benzene rings is 2. The van der Waals surface area contributed by atoms with Crippen LogP contribution in [0.3, 0.4) is 0 Å². The smallest absolute Gasteiger partial charge is 0.303 e. The number of anilines is 2. The van der Waals surface area contributed by atoms with Crippen molar-refractivity contribution in [1.29, 1.82) is 0 Å². The molecule has 30 heavy (non-hydrogen) atoms. The summed E-state index contributed by atoms with van der Waals surface area (Å²) in [5.74, 6) is -0.0721. The number of rotatable bonds is 7. The molecule has 0 bridgehead atoms. The molecule has 2 heterocycles. The first kappa shape index (κ1) is 22.6. The van der Waals surface area contributed by atoms with E-state index >= 15 is 0 Å². The van der Waals surface area contributed by atoms with E-state index in [4.69, 9.17) is 5.11 Å². The molecule has 2 aromatic rings. The van der Waals surface area contributed by atoms with Gasteiger partial charge in [-0.25, -0.2) is 0 Å². The molecule has 4 rings (SSSR count). The normalized spacial score (nSPS) is 16.9. The molecule has 0 spiro atoms. The first-order valence-electron chi connectivity index (χ1n) is 11.1. The lowest BCUT2D eigenvalue weighted by atomic mass is 9.92. The number of aryl methyl sites for hydroxylation is 2. The molecule has 5 heteroatoms. The summed E-state index contributed by atoms with van der Waals surface area (Å²) in [6.07, 6.45) is 6.79. The Morgan fingerprint density at radius 2 is 1.47 bits per heavy atom. The molecule has 0 aliphatic carbocycles. The van der Waals surface area contributed by atoms with Gasteiger partial charge in [0.15, 0.2) is 0 Å². The molecule has 1 N–H and O–H groups in total. The van der Waals surface area contributed by atoms with Gasteiger partial charge in [0, 0.05) is 24.3 Å². The van der Waals surface area contributed by atoms with Crippen molar-refractivity contribution in [1.82, 2.24) is 4.90 Å². The minimum atomic E-state index is -0.662. The number of hydrogen-bond donors (Lipinski definition) is 1. The largest absolute Gasteiger partial charge is 0.481 e. The van der Waals surface area contributed by atoms with Crippen LogP contribution in [0, 0.1) is 5.92 Å². The Morgan fingerprint density at radius 3 is 2.03 bits per heavy atom. The number of carbonyl (C=O) groups is 1. The predicted molar refractivity (Wildman–Crippen MR) is 125 cm³/mol. The van der Waals surface area contributed by atoms with Gasteiger partial charge in [-0.15, -0.1) is 12.4 Å². The quantitative estimate of drug-likeness (QED) is 0.648. The highest BCUT2D eigenvalue weighted by Gasteiger charge is 2.22. The number of nitrogens with zero attached hydrogens (tertiary/aromatic N) is 2. The van der Waals surface area contributed by atoms with Crippen LogP contribution in [-0.2, 0) is 17.6 Å². The molecule has 2 aliphatic rings. The van der Waals surface area contributed by atoms with E-state index in [-0.39, 0.29) is 12.4 Å². The minimum Gasteiger partial charge on any atom is -0.481 e. The van der Waals surface area contributed by atoms with Crippen molar-refractivity contribution < 1.29 is 9.90 Å². The molecule has 0 amide bonds. The van der Waals surface area contributed by atoms with Crippen molar-refractivity contribution in [2.45, 2.75) is 44.9 Å². The average molecular weight is 429 g/mol. The van der Waals surface area contributed by atoms with Gasteiger partial charge in [0.2, 0.25) is 0 Å². The third kappa shape index (κ3) is 5.55. The van der Waals surface area contributed by atoms with Gasteiger partial charge in [-0.05, 0) is 87.3 Å². The zero-order valence-electron chi connectivity index (χ0n) is 17.6. The molecular weight excluding hydrogens is 396 g/mol. The summed E-state index contributed by atoms with van der Waals surface area (Å²) < 4.78 is 0. The van der Waals surface area contributed by atoms with Gasteiger partial charge in [-0.3, -0.25) is 4.79 Å². The Morgan fingerprint density at radius 1 is 0.900 bits per heavy atom. The maximum atomic E-state index is 10.8. The fourth-order valence-electron chi connectivity index (χ4n) is 4.89. The Labute approximate surface area is 186 Å². The van der Waals surface area contributed by atoms with E-state index in [1.165, 1.54) is 22.5 Å². The summed E-state index contributed by atoms with van der Waals surface area (Å²) >= 11 is 0. The summed E-state index contributed by atoms with van der Waals surface area (Å²) in [4.78, 5) is 15.9. The van der Waals surface area contributed by atoms with Gasteiger partial charge in [-0.2, -0.15) is 0 Å². The number of carboxylic acids is 1. The zero-order chi connectivity index (χ0) is 20.1. The summed E-state index contributed by atoms with van der Waals surface area (Å²) in [7, 11) is 0. The van der Waals surface area contributed by atoms with E-state index in [1.54, 1.807) is 0 Å². The van der Waals surface area contributed by atoms with E-state index in [9.17, 15) is 4.79 Å². The molecule has 0 unspecified atom stereocenters. The van der Waals surface area contributed by atoms with Crippen molar-refractivity contribution >= 4 is 29.8 Å². The van der Waals surface area contributed by atoms with Crippen LogP contribution in [0.15, 0.2) is 48.5 Å². The zero-order valence-corrected chi connectivity index (χ0v) is 18.4. The Bertz CT molecular complexity index is 786. The van der Waals surface area contributed by atoms with Crippen LogP contribution in [0.5, 0.6) is 0 Å². The van der Waals surface area contributed by atoms with Gasteiger partial charge in [0.05, 0.1) is 0 Å². The van der Waals surface area contributed by atoms with Gasteiger partial charge in [0.25, 0.3) is 0 Å². The van der Waals surface area contributed by atoms with Crippen LogP contribution in [0.1, 0.15) is 43.2 Å². The van der Waals surface area contributed by atoms with Crippen LogP contribution in [0.2, 0.25) is 0 Å². The SMILES string of the molecule is Cl.O=C(O)CCC1CCN(CCCN2c3ccccc3CCc3ccccc32)CC1. The molecule has 0 atom stereocenters. The van der Waals surface area contributed by atoms with Crippen LogP contribution in [-0.4, -0.2) is 42.2 Å². The molecule has 0 saturated carbocycles. The molecule has 1 fully saturated rings. The third-order valence-corrected chi connectivity index (χ3v) is 6.56. The summed E-state index contributed by atoms with van der Waals surface area (Å²) in [6.45, 7) is 4.37. The molecule has 4 nitrogen and oxygen atoms in total. The second-order valence-electron chi connectivity index (χ2n) is 8.48. The Hall–Kier alpha value is -2.04. The van der Waals surface area contributed by atoms with E-state index in [1.807, 2.05) is 0 Å². The summed E-state index contributed by atoms with van der Waals surface area (Å²) in [6, 6.07) is 17.7. The highest BCUT2D eigenvalue weighted by molar-refractivity contribution is 5.85. The predicted octanol–water partition coefficient (Wildman–Crippen LogP) is 5.31. The van der Waals surface area contributed by atoms with Crippen LogP contribution >= 0.6 is 12.4 Å². The fourth-order valence-corrected chi connectivity index (χ4v) is 4.89. The first-order chi connectivity index (χ1) is 14.2. The van der Waals surface area contributed by atoms with Crippen molar-refractivity contribution in [2.75, 3.05) is 31.1 Å². The standard InChI is InChI=1S/C25H32N2O2.ClH/c28-25(29)13-10-20-14-18-26(19-15-20)16-5-17-27-23-8-3-1-6-21(23)11-12-22-7-2-4-9-24(22)27;/h1-4,6-9,20H,5,10-19H2,(H,28,29);1H. The molecule has 0 radical (unpaired) electrons. The number of para-hydroxylation sites is 2. The second kappa shape index (κ2) is 10.8. The maximum absolute atomic E-state index is 10.8. The van der Waals surface area contributed by atoms with E-state index in [2.05, 4.69) is 58.3 Å². The fraction of sp³-hybridized carbons (Fsp3) is 0.480. The molecular formula is C25H33ClN2O2. The van der Waals surface area contributed by atoms with Crippen LogP contribution in [0.25, 0.3) is 0 Å². The van der Waals surface area contributed by atoms with Gasteiger partial charge in [-0.1, -0.05) is 36.4 Å². The molecule has 2 aromatic carbocycles. The lowest BCUT2D eigenvalue weighted by molar-refractivity contribution is -0.137. The lowest BCUT2D eigenvalue weighted by Gasteiger charge is -2.33. The van der Waals surface area contributed by atoms with Crippen molar-refractivity contribution in [2.24, 2.45) is 5.92 Å². The van der Waals surface area contributed by atoms with Gasteiger partial charge < -0.3 is 14.9 Å². The maximum Gasteiger partial charge on any atom is 0.303 e. The second-order valence-corrected chi connectivity index (χ2v) is 8.48. The number of piperidine rings is 1. The molecule has 1 saturated heterocycles. The molecule has 2 aliphatic heterocycles. The topological polar surface area (TPSA) is 43.8 Å². The number of aliphatic carboxylic acids is 1. The number of fused-ring (bicyclic) bond motifs is 2. The average Bonchev–Trinajstić information content (AvgIpc) is 2.90. The first-order valence-corrected chi connectivity index (χ1v) is 11.1. The monoisotopic (exact) mass is 428 g/mol. The molecule has 0 aromatic heterocycles.